The molecule has 4 heteroatoms. The molecule has 0 amide bonds. The first kappa shape index (κ1) is 9.02. The van der Waals surface area contributed by atoms with E-state index in [2.05, 4.69) is 6.07 Å². The van der Waals surface area contributed by atoms with Crippen LogP contribution in [0.2, 0.25) is 5.02 Å². The van der Waals surface area contributed by atoms with Crippen molar-refractivity contribution in [2.75, 3.05) is 0 Å². The first-order valence-corrected chi connectivity index (χ1v) is 4.98. The molecule has 0 aliphatic rings. The zero-order chi connectivity index (χ0) is 10.1. The van der Waals surface area contributed by atoms with Crippen LogP contribution in [0.3, 0.4) is 0 Å². The van der Waals surface area contributed by atoms with E-state index in [1.54, 1.807) is 18.2 Å². The Hall–Kier alpha value is -1.55. The highest BCUT2D eigenvalue weighted by molar-refractivity contribution is 7.19. The second-order valence-electron chi connectivity index (χ2n) is 2.67. The molecule has 0 aliphatic heterocycles. The van der Waals surface area contributed by atoms with Gasteiger partial charge in [-0.3, -0.25) is 0 Å². The van der Waals surface area contributed by atoms with Gasteiger partial charge in [-0.15, -0.1) is 11.3 Å². The summed E-state index contributed by atoms with van der Waals surface area (Å²) in [6, 6.07) is 9.18. The number of benzene rings is 1. The summed E-state index contributed by atoms with van der Waals surface area (Å²) in [6.07, 6.45) is 0. The Kier molecular flexibility index (Phi) is 2.13. The monoisotopic (exact) mass is 218 g/mol. The highest BCUT2D eigenvalue weighted by atomic mass is 35.5. The van der Waals surface area contributed by atoms with Crippen molar-refractivity contribution in [1.29, 1.82) is 10.5 Å². The van der Waals surface area contributed by atoms with Crippen LogP contribution in [0.5, 0.6) is 0 Å². The molecule has 0 saturated heterocycles. The summed E-state index contributed by atoms with van der Waals surface area (Å²) in [6.45, 7) is 0. The first-order chi connectivity index (χ1) is 6.76. The molecule has 0 aliphatic carbocycles. The van der Waals surface area contributed by atoms with Gasteiger partial charge in [0.15, 0.2) is 0 Å². The number of hydrogen-bond acceptors (Lipinski definition) is 3. The predicted octanol–water partition coefficient (Wildman–Crippen LogP) is 3.30. The number of nitrogens with zero attached hydrogens (tertiary/aromatic N) is 2. The lowest BCUT2D eigenvalue weighted by atomic mass is 10.2. The van der Waals surface area contributed by atoms with E-state index < -0.39 is 0 Å². The first-order valence-electron chi connectivity index (χ1n) is 3.78. The molecule has 0 radical (unpaired) electrons. The normalized spacial score (nSPS) is 9.64. The molecule has 0 atom stereocenters. The third kappa shape index (κ3) is 1.24. The summed E-state index contributed by atoms with van der Waals surface area (Å²) >= 11 is 7.24. The molecular formula is C10H3ClN2S. The van der Waals surface area contributed by atoms with E-state index in [0.29, 0.717) is 15.5 Å². The summed E-state index contributed by atoms with van der Waals surface area (Å²) in [4.78, 5) is 0.574. The summed E-state index contributed by atoms with van der Waals surface area (Å²) in [5, 5.41) is 18.9. The van der Waals surface area contributed by atoms with Crippen LogP contribution in [0.1, 0.15) is 10.4 Å². The summed E-state index contributed by atoms with van der Waals surface area (Å²) in [7, 11) is 0. The maximum absolute atomic E-state index is 8.84. The van der Waals surface area contributed by atoms with Crippen molar-refractivity contribution in [2.45, 2.75) is 0 Å². The lowest BCUT2D eigenvalue weighted by Gasteiger charge is -1.94. The van der Waals surface area contributed by atoms with Gasteiger partial charge in [-0.2, -0.15) is 10.5 Å². The lowest BCUT2D eigenvalue weighted by Crippen LogP contribution is -1.73. The molecule has 0 spiro atoms. The van der Waals surface area contributed by atoms with E-state index in [0.717, 1.165) is 10.1 Å². The lowest BCUT2D eigenvalue weighted by molar-refractivity contribution is 1.51. The van der Waals surface area contributed by atoms with Crippen LogP contribution in [0.15, 0.2) is 18.2 Å². The molecule has 1 aromatic heterocycles. The average molecular weight is 219 g/mol. The number of hydrogen-bond donors (Lipinski definition) is 0. The maximum Gasteiger partial charge on any atom is 0.110 e. The van der Waals surface area contributed by atoms with Gasteiger partial charge in [0.25, 0.3) is 0 Å². The fraction of sp³-hybridized carbons (Fsp3) is 0. The molecule has 2 nitrogen and oxygen atoms in total. The van der Waals surface area contributed by atoms with Gasteiger partial charge < -0.3 is 0 Å². The molecule has 0 fully saturated rings. The van der Waals surface area contributed by atoms with Gasteiger partial charge in [0.05, 0.1) is 10.3 Å². The smallest absolute Gasteiger partial charge is 0.110 e. The third-order valence-corrected chi connectivity index (χ3v) is 3.26. The third-order valence-electron chi connectivity index (χ3n) is 1.86. The largest absolute Gasteiger partial charge is 0.192 e. The Morgan fingerprint density at radius 3 is 2.64 bits per heavy atom. The second-order valence-corrected chi connectivity index (χ2v) is 4.13. The van der Waals surface area contributed by atoms with E-state index in [1.807, 2.05) is 6.07 Å². The Morgan fingerprint density at radius 2 is 2.00 bits per heavy atom. The number of rotatable bonds is 0. The Balaban J connectivity index is 2.92. The van der Waals surface area contributed by atoms with Gasteiger partial charge in [0, 0.05) is 10.4 Å². The van der Waals surface area contributed by atoms with Gasteiger partial charge in [0.2, 0.25) is 0 Å². The quantitative estimate of drug-likeness (QED) is 0.681. The fourth-order valence-corrected chi connectivity index (χ4v) is 2.45. The Labute approximate surface area is 89.6 Å². The molecular weight excluding hydrogens is 216 g/mol. The van der Waals surface area contributed by atoms with Crippen molar-refractivity contribution in [3.05, 3.63) is 33.7 Å². The molecule has 14 heavy (non-hydrogen) atoms. The highest BCUT2D eigenvalue weighted by Crippen LogP contribution is 2.33. The van der Waals surface area contributed by atoms with Crippen LogP contribution >= 0.6 is 22.9 Å². The molecule has 1 heterocycles. The summed E-state index contributed by atoms with van der Waals surface area (Å²) in [5.74, 6) is 0. The van der Waals surface area contributed by atoms with Crippen molar-refractivity contribution in [2.24, 2.45) is 0 Å². The maximum atomic E-state index is 8.84. The van der Waals surface area contributed by atoms with Gasteiger partial charge in [-0.05, 0) is 18.2 Å². The summed E-state index contributed by atoms with van der Waals surface area (Å²) < 4.78 is 0.788. The molecule has 0 saturated carbocycles. The minimum absolute atomic E-state index is 0.566. The standard InChI is InChI=1S/C10H3ClN2S/c11-9-2-1-6(4-12)10-8(9)3-7(5-13)14-10/h1-3H. The van der Waals surface area contributed by atoms with Crippen LogP contribution in [0.4, 0.5) is 0 Å². The molecule has 1 aromatic carbocycles. The minimum Gasteiger partial charge on any atom is -0.192 e. The zero-order valence-electron chi connectivity index (χ0n) is 6.91. The summed E-state index contributed by atoms with van der Waals surface area (Å²) in [5.41, 5.74) is 0.566. The van der Waals surface area contributed by atoms with E-state index >= 15 is 0 Å². The molecule has 0 N–H and O–H groups in total. The van der Waals surface area contributed by atoms with Crippen LogP contribution in [0, 0.1) is 22.7 Å². The van der Waals surface area contributed by atoms with E-state index in [9.17, 15) is 0 Å². The van der Waals surface area contributed by atoms with Gasteiger partial charge >= 0.3 is 0 Å². The van der Waals surface area contributed by atoms with Gasteiger partial charge in [-0.25, -0.2) is 0 Å². The molecule has 2 rings (SSSR count). The molecule has 66 valence electrons. The number of nitriles is 2. The van der Waals surface area contributed by atoms with Crippen molar-refractivity contribution in [3.8, 4) is 12.1 Å². The van der Waals surface area contributed by atoms with Crippen LogP contribution in [-0.2, 0) is 0 Å². The minimum atomic E-state index is 0.566. The molecule has 0 bridgehead atoms. The number of thiophene rings is 1. The van der Waals surface area contributed by atoms with Gasteiger partial charge in [-0.1, -0.05) is 11.6 Å². The number of fused-ring (bicyclic) bond motifs is 1. The molecule has 0 unspecified atom stereocenters. The van der Waals surface area contributed by atoms with Crippen LogP contribution < -0.4 is 0 Å². The topological polar surface area (TPSA) is 47.6 Å². The predicted molar refractivity (Wildman–Crippen MR) is 56.3 cm³/mol. The van der Waals surface area contributed by atoms with Crippen molar-refractivity contribution < 1.29 is 0 Å². The van der Waals surface area contributed by atoms with Crippen molar-refractivity contribution >= 4 is 33.0 Å². The Morgan fingerprint density at radius 1 is 1.21 bits per heavy atom. The van der Waals surface area contributed by atoms with E-state index in [4.69, 9.17) is 22.1 Å². The van der Waals surface area contributed by atoms with Crippen LogP contribution in [-0.4, -0.2) is 0 Å². The van der Waals surface area contributed by atoms with E-state index in [-0.39, 0.29) is 0 Å². The van der Waals surface area contributed by atoms with Crippen molar-refractivity contribution in [1.82, 2.24) is 0 Å². The van der Waals surface area contributed by atoms with Crippen molar-refractivity contribution in [3.63, 3.8) is 0 Å². The highest BCUT2D eigenvalue weighted by Gasteiger charge is 2.08. The SMILES string of the molecule is N#Cc1cc2c(Cl)ccc(C#N)c2s1. The zero-order valence-corrected chi connectivity index (χ0v) is 8.49. The average Bonchev–Trinajstić information content (AvgIpc) is 2.63. The Bertz CT molecular complexity index is 586. The van der Waals surface area contributed by atoms with Crippen LogP contribution in [0.25, 0.3) is 10.1 Å². The fourth-order valence-electron chi connectivity index (χ4n) is 1.23. The van der Waals surface area contributed by atoms with E-state index in [1.165, 1.54) is 11.3 Å². The molecule has 2 aromatic rings. The van der Waals surface area contributed by atoms with Gasteiger partial charge in [0.1, 0.15) is 17.0 Å². The number of halogens is 1. The second kappa shape index (κ2) is 3.31.